The third-order valence-electron chi connectivity index (χ3n) is 6.45. The van der Waals surface area contributed by atoms with Crippen LogP contribution in [0.2, 0.25) is 0 Å². The van der Waals surface area contributed by atoms with Crippen LogP contribution in [0.1, 0.15) is 51.5 Å². The fraction of sp³-hybridized carbons (Fsp3) is 0.400. The molecule has 1 aromatic heterocycles. The van der Waals surface area contributed by atoms with E-state index in [0.29, 0.717) is 5.56 Å². The minimum absolute atomic E-state index is 0.241. The van der Waals surface area contributed by atoms with Crippen molar-refractivity contribution >= 4 is 16.9 Å². The highest BCUT2D eigenvalue weighted by Crippen LogP contribution is 2.35. The molecule has 0 unspecified atom stereocenters. The van der Waals surface area contributed by atoms with Gasteiger partial charge in [0.05, 0.1) is 18.8 Å². The van der Waals surface area contributed by atoms with Gasteiger partial charge in [-0.1, -0.05) is 18.2 Å². The largest absolute Gasteiger partial charge is 0.465 e. The smallest absolute Gasteiger partial charge is 0.337 e. The standard InChI is InChI=1S/C25H30N2O3/c1-16-13-17(2)24-21(9-11-26-24)22(16)15-27-12-10-20(29-3)14-23(27)18-5-7-19(8-6-18)25(28)30-4/h5-9,11,13,20,23,26H,10,12,14-15H2,1-4H3/t20-,23+/m1/s1. The zero-order valence-corrected chi connectivity index (χ0v) is 18.2. The van der Waals surface area contributed by atoms with E-state index in [0.717, 1.165) is 25.9 Å². The number of ether oxygens (including phenoxy) is 2. The van der Waals surface area contributed by atoms with Crippen LogP contribution in [0, 0.1) is 13.8 Å². The lowest BCUT2D eigenvalue weighted by Crippen LogP contribution is -2.39. The summed E-state index contributed by atoms with van der Waals surface area (Å²) in [5.41, 5.74) is 7.00. The lowest BCUT2D eigenvalue weighted by Gasteiger charge is -2.39. The summed E-state index contributed by atoms with van der Waals surface area (Å²) in [4.78, 5) is 17.8. The molecule has 0 spiro atoms. The second kappa shape index (κ2) is 8.62. The van der Waals surface area contributed by atoms with Gasteiger partial charge < -0.3 is 14.5 Å². The van der Waals surface area contributed by atoms with E-state index in [1.54, 1.807) is 7.11 Å². The summed E-state index contributed by atoms with van der Waals surface area (Å²) in [7, 11) is 3.21. The van der Waals surface area contributed by atoms with Crippen molar-refractivity contribution in [2.45, 2.75) is 45.4 Å². The molecule has 1 saturated heterocycles. The molecule has 0 saturated carbocycles. The molecule has 1 N–H and O–H groups in total. The summed E-state index contributed by atoms with van der Waals surface area (Å²) >= 11 is 0. The monoisotopic (exact) mass is 406 g/mol. The van der Waals surface area contributed by atoms with Crippen molar-refractivity contribution in [3.8, 4) is 0 Å². The predicted molar refractivity (Wildman–Crippen MR) is 119 cm³/mol. The zero-order valence-electron chi connectivity index (χ0n) is 18.2. The van der Waals surface area contributed by atoms with Gasteiger partial charge in [0.15, 0.2) is 0 Å². The van der Waals surface area contributed by atoms with Gasteiger partial charge in [0.2, 0.25) is 0 Å². The summed E-state index contributed by atoms with van der Waals surface area (Å²) in [5.74, 6) is -0.304. The Labute approximate surface area is 178 Å². The summed E-state index contributed by atoms with van der Waals surface area (Å²) in [6.07, 6.45) is 4.24. The SMILES string of the molecule is COC(=O)c1ccc([C@@H]2C[C@H](OC)CCN2Cc2c(C)cc(C)c3[nH]ccc23)cc1. The van der Waals surface area contributed by atoms with Crippen molar-refractivity contribution in [2.24, 2.45) is 0 Å². The maximum Gasteiger partial charge on any atom is 0.337 e. The van der Waals surface area contributed by atoms with Crippen molar-refractivity contribution in [3.63, 3.8) is 0 Å². The number of rotatable bonds is 5. The highest BCUT2D eigenvalue weighted by Gasteiger charge is 2.30. The fourth-order valence-electron chi connectivity index (χ4n) is 4.75. The van der Waals surface area contributed by atoms with Gasteiger partial charge in [-0.05, 0) is 67.1 Å². The number of esters is 1. The number of nitrogens with one attached hydrogen (secondary N) is 1. The Hall–Kier alpha value is -2.63. The second-order valence-corrected chi connectivity index (χ2v) is 8.24. The van der Waals surface area contributed by atoms with Gasteiger partial charge in [-0.15, -0.1) is 0 Å². The Bertz CT molecular complexity index is 1040. The lowest BCUT2D eigenvalue weighted by atomic mass is 9.91. The first kappa shape index (κ1) is 20.6. The topological polar surface area (TPSA) is 54.6 Å². The summed E-state index contributed by atoms with van der Waals surface area (Å²) in [6, 6.07) is 12.5. The van der Waals surface area contributed by atoms with Crippen LogP contribution in [-0.4, -0.2) is 42.7 Å². The van der Waals surface area contributed by atoms with E-state index in [4.69, 9.17) is 9.47 Å². The molecule has 2 atom stereocenters. The molecule has 2 heterocycles. The number of methoxy groups -OCH3 is 2. The summed E-state index contributed by atoms with van der Waals surface area (Å²) in [6.45, 7) is 6.23. The van der Waals surface area contributed by atoms with Crippen LogP contribution in [0.5, 0.6) is 0 Å². The first-order valence-corrected chi connectivity index (χ1v) is 10.5. The Kier molecular flexibility index (Phi) is 5.93. The molecule has 5 heteroatoms. The van der Waals surface area contributed by atoms with E-state index in [-0.39, 0.29) is 18.1 Å². The van der Waals surface area contributed by atoms with Crippen LogP contribution in [0.4, 0.5) is 0 Å². The van der Waals surface area contributed by atoms with Crippen LogP contribution >= 0.6 is 0 Å². The van der Waals surface area contributed by atoms with Gasteiger partial charge in [0.1, 0.15) is 0 Å². The van der Waals surface area contributed by atoms with E-state index in [1.165, 1.54) is 40.3 Å². The molecule has 1 fully saturated rings. The number of H-pyrrole nitrogens is 1. The van der Waals surface area contributed by atoms with E-state index >= 15 is 0 Å². The van der Waals surface area contributed by atoms with Gasteiger partial charge in [0, 0.05) is 43.3 Å². The number of aromatic amines is 1. The van der Waals surface area contributed by atoms with E-state index in [1.807, 2.05) is 18.3 Å². The third-order valence-corrected chi connectivity index (χ3v) is 6.45. The lowest BCUT2D eigenvalue weighted by molar-refractivity contribution is 0.00690. The van der Waals surface area contributed by atoms with Crippen LogP contribution in [0.25, 0.3) is 10.9 Å². The van der Waals surface area contributed by atoms with Gasteiger partial charge in [-0.25, -0.2) is 4.79 Å². The molecule has 1 aliphatic heterocycles. The van der Waals surface area contributed by atoms with Crippen molar-refractivity contribution in [1.82, 2.24) is 9.88 Å². The second-order valence-electron chi connectivity index (χ2n) is 8.24. The Morgan fingerprint density at radius 2 is 1.90 bits per heavy atom. The van der Waals surface area contributed by atoms with Crippen LogP contribution in [-0.2, 0) is 16.0 Å². The van der Waals surface area contributed by atoms with Crippen LogP contribution < -0.4 is 0 Å². The molecule has 2 aromatic carbocycles. The van der Waals surface area contributed by atoms with Crippen molar-refractivity contribution in [2.75, 3.05) is 20.8 Å². The maximum absolute atomic E-state index is 11.8. The number of aromatic nitrogens is 1. The predicted octanol–water partition coefficient (Wildman–Crippen LogP) is 4.92. The van der Waals surface area contributed by atoms with E-state index in [9.17, 15) is 4.79 Å². The highest BCUT2D eigenvalue weighted by molar-refractivity contribution is 5.89. The molecule has 3 aromatic rings. The van der Waals surface area contributed by atoms with E-state index < -0.39 is 0 Å². The number of likely N-dealkylation sites (tertiary alicyclic amines) is 1. The number of carbonyl (C=O) groups is 1. The molecule has 4 rings (SSSR count). The van der Waals surface area contributed by atoms with Gasteiger partial charge in [-0.3, -0.25) is 4.90 Å². The maximum atomic E-state index is 11.8. The molecule has 0 bridgehead atoms. The minimum atomic E-state index is -0.304. The quantitative estimate of drug-likeness (QED) is 0.611. The highest BCUT2D eigenvalue weighted by atomic mass is 16.5. The van der Waals surface area contributed by atoms with Crippen LogP contribution in [0.15, 0.2) is 42.6 Å². The molecule has 30 heavy (non-hydrogen) atoms. The van der Waals surface area contributed by atoms with Crippen molar-refractivity contribution in [3.05, 3.63) is 70.4 Å². The number of carbonyl (C=O) groups excluding carboxylic acids is 1. The molecule has 158 valence electrons. The average molecular weight is 407 g/mol. The van der Waals surface area contributed by atoms with Crippen molar-refractivity contribution < 1.29 is 14.3 Å². The fourth-order valence-corrected chi connectivity index (χ4v) is 4.75. The molecule has 0 radical (unpaired) electrons. The van der Waals surface area contributed by atoms with Gasteiger partial charge in [-0.2, -0.15) is 0 Å². The number of aryl methyl sites for hydroxylation is 2. The zero-order chi connectivity index (χ0) is 21.3. The average Bonchev–Trinajstić information content (AvgIpc) is 3.26. The first-order chi connectivity index (χ1) is 14.5. The van der Waals surface area contributed by atoms with Crippen LogP contribution in [0.3, 0.4) is 0 Å². The molecular weight excluding hydrogens is 376 g/mol. The number of hydrogen-bond donors (Lipinski definition) is 1. The third kappa shape index (κ3) is 3.87. The Balaban J connectivity index is 1.66. The summed E-state index contributed by atoms with van der Waals surface area (Å²) < 4.78 is 10.6. The molecule has 5 nitrogen and oxygen atoms in total. The molecular formula is C25H30N2O3. The Morgan fingerprint density at radius 3 is 2.60 bits per heavy atom. The Morgan fingerprint density at radius 1 is 1.13 bits per heavy atom. The molecule has 0 amide bonds. The molecule has 0 aliphatic carbocycles. The number of fused-ring (bicyclic) bond motifs is 1. The molecule has 1 aliphatic rings. The summed E-state index contributed by atoms with van der Waals surface area (Å²) in [5, 5.41) is 1.31. The minimum Gasteiger partial charge on any atom is -0.465 e. The number of hydrogen-bond acceptors (Lipinski definition) is 4. The van der Waals surface area contributed by atoms with Crippen molar-refractivity contribution in [1.29, 1.82) is 0 Å². The number of benzene rings is 2. The van der Waals surface area contributed by atoms with Gasteiger partial charge >= 0.3 is 5.97 Å². The number of nitrogens with zero attached hydrogens (tertiary/aromatic N) is 1. The first-order valence-electron chi connectivity index (χ1n) is 10.5. The normalized spacial score (nSPS) is 19.9. The van der Waals surface area contributed by atoms with Gasteiger partial charge in [0.25, 0.3) is 0 Å². The van der Waals surface area contributed by atoms with E-state index in [2.05, 4.69) is 48.0 Å². The number of piperidine rings is 1.